The van der Waals surface area contributed by atoms with Crippen molar-refractivity contribution in [3.8, 4) is 0 Å². The molecule has 0 fully saturated rings. The Morgan fingerprint density at radius 3 is 2.62 bits per heavy atom. The predicted molar refractivity (Wildman–Crippen MR) is 77.7 cm³/mol. The Labute approximate surface area is 122 Å². The highest BCUT2D eigenvalue weighted by atomic mass is 19.1. The SMILES string of the molecule is Cc1cccc(CN(C)C(=O)c2cc(F)cc(N)c2F)c1. The number of rotatable bonds is 3. The molecule has 0 bridgehead atoms. The van der Waals surface area contributed by atoms with Crippen LogP contribution in [-0.2, 0) is 6.54 Å². The highest BCUT2D eigenvalue weighted by Crippen LogP contribution is 2.19. The van der Waals surface area contributed by atoms with Crippen LogP contribution in [-0.4, -0.2) is 17.9 Å². The second-order valence-electron chi connectivity index (χ2n) is 5.01. The Morgan fingerprint density at radius 2 is 1.95 bits per heavy atom. The zero-order valence-corrected chi connectivity index (χ0v) is 11.9. The Hall–Kier alpha value is -2.43. The van der Waals surface area contributed by atoms with E-state index in [1.165, 1.54) is 11.9 Å². The van der Waals surface area contributed by atoms with E-state index in [0.717, 1.165) is 23.3 Å². The number of benzene rings is 2. The number of nitrogen functional groups attached to an aromatic ring is 1. The summed E-state index contributed by atoms with van der Waals surface area (Å²) in [4.78, 5) is 13.5. The van der Waals surface area contributed by atoms with Crippen LogP contribution < -0.4 is 5.73 Å². The molecule has 21 heavy (non-hydrogen) atoms. The molecular formula is C16H16F2N2O. The van der Waals surface area contributed by atoms with Crippen LogP contribution in [0.25, 0.3) is 0 Å². The van der Waals surface area contributed by atoms with Crippen LogP contribution >= 0.6 is 0 Å². The number of hydrogen-bond donors (Lipinski definition) is 1. The maximum absolute atomic E-state index is 13.9. The largest absolute Gasteiger partial charge is 0.396 e. The average Bonchev–Trinajstić information content (AvgIpc) is 2.42. The summed E-state index contributed by atoms with van der Waals surface area (Å²) in [6.45, 7) is 2.24. The van der Waals surface area contributed by atoms with Crippen LogP contribution in [0.2, 0.25) is 0 Å². The summed E-state index contributed by atoms with van der Waals surface area (Å²) >= 11 is 0. The molecule has 0 spiro atoms. The molecule has 5 heteroatoms. The van der Waals surface area contributed by atoms with Gasteiger partial charge in [0.25, 0.3) is 5.91 Å². The number of nitrogens with zero attached hydrogens (tertiary/aromatic N) is 1. The zero-order chi connectivity index (χ0) is 15.6. The number of carbonyl (C=O) groups excluding carboxylic acids is 1. The third-order valence-electron chi connectivity index (χ3n) is 3.14. The van der Waals surface area contributed by atoms with Crippen LogP contribution in [0.3, 0.4) is 0 Å². The van der Waals surface area contributed by atoms with Crippen molar-refractivity contribution >= 4 is 11.6 Å². The van der Waals surface area contributed by atoms with E-state index < -0.39 is 17.5 Å². The topological polar surface area (TPSA) is 46.3 Å². The first kappa shape index (κ1) is 15.0. The third-order valence-corrected chi connectivity index (χ3v) is 3.14. The fourth-order valence-corrected chi connectivity index (χ4v) is 2.13. The lowest BCUT2D eigenvalue weighted by Gasteiger charge is -2.18. The van der Waals surface area contributed by atoms with E-state index >= 15 is 0 Å². The second-order valence-corrected chi connectivity index (χ2v) is 5.01. The van der Waals surface area contributed by atoms with Gasteiger partial charge in [-0.2, -0.15) is 0 Å². The van der Waals surface area contributed by atoms with E-state index in [9.17, 15) is 13.6 Å². The fraction of sp³-hybridized carbons (Fsp3) is 0.188. The molecule has 110 valence electrons. The molecular weight excluding hydrogens is 274 g/mol. The van der Waals surface area contributed by atoms with Gasteiger partial charge in [0, 0.05) is 13.6 Å². The number of halogens is 2. The number of amides is 1. The van der Waals surface area contributed by atoms with E-state index in [2.05, 4.69) is 0 Å². The third kappa shape index (κ3) is 3.37. The van der Waals surface area contributed by atoms with Crippen molar-refractivity contribution in [2.75, 3.05) is 12.8 Å². The lowest BCUT2D eigenvalue weighted by atomic mass is 10.1. The second kappa shape index (κ2) is 5.91. The van der Waals surface area contributed by atoms with Gasteiger partial charge in [-0.05, 0) is 24.6 Å². The van der Waals surface area contributed by atoms with Crippen molar-refractivity contribution in [1.29, 1.82) is 0 Å². The number of hydrogen-bond acceptors (Lipinski definition) is 2. The minimum absolute atomic E-state index is 0.302. The van der Waals surface area contributed by atoms with Gasteiger partial charge in [0.15, 0.2) is 5.82 Å². The molecule has 0 aliphatic carbocycles. The van der Waals surface area contributed by atoms with Gasteiger partial charge in [-0.25, -0.2) is 8.78 Å². The molecule has 2 N–H and O–H groups in total. The molecule has 2 rings (SSSR count). The molecule has 2 aromatic carbocycles. The number of aryl methyl sites for hydroxylation is 1. The summed E-state index contributed by atoms with van der Waals surface area (Å²) in [5.41, 5.74) is 6.59. The molecule has 0 aliphatic rings. The minimum atomic E-state index is -0.891. The summed E-state index contributed by atoms with van der Waals surface area (Å²) in [7, 11) is 1.53. The van der Waals surface area contributed by atoms with E-state index in [1.54, 1.807) is 0 Å². The van der Waals surface area contributed by atoms with Crippen LogP contribution in [0.5, 0.6) is 0 Å². The Morgan fingerprint density at radius 1 is 1.24 bits per heavy atom. The van der Waals surface area contributed by atoms with Crippen LogP contribution in [0.1, 0.15) is 21.5 Å². The summed E-state index contributed by atoms with van der Waals surface area (Å²) in [6, 6.07) is 9.34. The molecule has 0 saturated carbocycles. The Bertz CT molecular complexity index is 686. The first-order valence-electron chi connectivity index (χ1n) is 6.44. The van der Waals surface area contributed by atoms with Crippen molar-refractivity contribution < 1.29 is 13.6 Å². The van der Waals surface area contributed by atoms with Crippen molar-refractivity contribution in [1.82, 2.24) is 4.90 Å². The normalized spacial score (nSPS) is 10.5. The molecule has 0 radical (unpaired) electrons. The van der Waals surface area contributed by atoms with Gasteiger partial charge >= 0.3 is 0 Å². The molecule has 3 nitrogen and oxygen atoms in total. The lowest BCUT2D eigenvalue weighted by Crippen LogP contribution is -2.27. The number of anilines is 1. The summed E-state index contributed by atoms with van der Waals surface area (Å²) < 4.78 is 27.2. The van der Waals surface area contributed by atoms with Crippen molar-refractivity contribution in [2.45, 2.75) is 13.5 Å². The summed E-state index contributed by atoms with van der Waals surface area (Å²) in [5, 5.41) is 0. The van der Waals surface area contributed by atoms with E-state index in [1.807, 2.05) is 31.2 Å². The number of nitrogens with two attached hydrogens (primary N) is 1. The molecule has 0 aromatic heterocycles. The maximum atomic E-state index is 13.9. The molecule has 0 atom stereocenters. The molecule has 1 amide bonds. The van der Waals surface area contributed by atoms with Crippen LogP contribution in [0, 0.1) is 18.6 Å². The summed E-state index contributed by atoms with van der Waals surface area (Å²) in [5.74, 6) is -2.24. The van der Waals surface area contributed by atoms with Crippen molar-refractivity contribution in [3.63, 3.8) is 0 Å². The van der Waals surface area contributed by atoms with E-state index in [0.29, 0.717) is 6.54 Å². The van der Waals surface area contributed by atoms with E-state index in [-0.39, 0.29) is 11.3 Å². The lowest BCUT2D eigenvalue weighted by molar-refractivity contribution is 0.0780. The maximum Gasteiger partial charge on any atom is 0.257 e. The Balaban J connectivity index is 2.24. The van der Waals surface area contributed by atoms with Crippen LogP contribution in [0.15, 0.2) is 36.4 Å². The van der Waals surface area contributed by atoms with Crippen molar-refractivity contribution in [3.05, 3.63) is 64.7 Å². The van der Waals surface area contributed by atoms with Gasteiger partial charge < -0.3 is 10.6 Å². The standard InChI is InChI=1S/C16H16F2N2O/c1-10-4-3-5-11(6-10)9-20(2)16(21)13-7-12(17)8-14(19)15(13)18/h3-8H,9,19H2,1-2H3. The first-order chi connectivity index (χ1) is 9.88. The highest BCUT2D eigenvalue weighted by molar-refractivity contribution is 5.95. The van der Waals surface area contributed by atoms with Crippen molar-refractivity contribution in [2.24, 2.45) is 0 Å². The smallest absolute Gasteiger partial charge is 0.257 e. The van der Waals surface area contributed by atoms with Crippen LogP contribution in [0.4, 0.5) is 14.5 Å². The molecule has 0 heterocycles. The summed E-state index contributed by atoms with van der Waals surface area (Å²) in [6.07, 6.45) is 0. The molecule has 0 aliphatic heterocycles. The Kier molecular flexibility index (Phi) is 4.21. The average molecular weight is 290 g/mol. The predicted octanol–water partition coefficient (Wildman–Crippen LogP) is 3.13. The molecule has 0 unspecified atom stereocenters. The molecule has 0 saturated heterocycles. The quantitative estimate of drug-likeness (QED) is 0.883. The van der Waals surface area contributed by atoms with Gasteiger partial charge in [-0.15, -0.1) is 0 Å². The monoisotopic (exact) mass is 290 g/mol. The van der Waals surface area contributed by atoms with Gasteiger partial charge in [-0.3, -0.25) is 4.79 Å². The zero-order valence-electron chi connectivity index (χ0n) is 11.9. The highest BCUT2D eigenvalue weighted by Gasteiger charge is 2.19. The fourth-order valence-electron chi connectivity index (χ4n) is 2.13. The van der Waals surface area contributed by atoms with Gasteiger partial charge in [0.2, 0.25) is 0 Å². The van der Waals surface area contributed by atoms with E-state index in [4.69, 9.17) is 5.73 Å². The van der Waals surface area contributed by atoms with Gasteiger partial charge in [-0.1, -0.05) is 29.8 Å². The minimum Gasteiger partial charge on any atom is -0.396 e. The molecule has 2 aromatic rings. The number of carbonyl (C=O) groups is 1. The van der Waals surface area contributed by atoms with Gasteiger partial charge in [0.05, 0.1) is 11.3 Å². The van der Waals surface area contributed by atoms with Gasteiger partial charge in [0.1, 0.15) is 5.82 Å². The first-order valence-corrected chi connectivity index (χ1v) is 6.44.